The Kier molecular flexibility index (Phi) is 3.85. The van der Waals surface area contributed by atoms with Crippen molar-refractivity contribution in [2.24, 2.45) is 0 Å². The van der Waals surface area contributed by atoms with E-state index in [1.54, 1.807) is 0 Å². The van der Waals surface area contributed by atoms with Crippen molar-refractivity contribution in [1.82, 2.24) is 0 Å². The number of ketones is 1. The standard InChI is InChI=1S/C24H20O/c1-16-12-14-20(17(16)2)22-15-13-18-8-6-7-11-21(18)23(22)24(25)19-9-4-3-5-10-19/h3-15,20H,1-2H3. The topological polar surface area (TPSA) is 17.1 Å². The van der Waals surface area contributed by atoms with Gasteiger partial charge < -0.3 is 0 Å². The highest BCUT2D eigenvalue weighted by Crippen LogP contribution is 2.38. The zero-order valence-electron chi connectivity index (χ0n) is 14.5. The summed E-state index contributed by atoms with van der Waals surface area (Å²) < 4.78 is 0. The van der Waals surface area contributed by atoms with E-state index >= 15 is 0 Å². The van der Waals surface area contributed by atoms with E-state index in [0.29, 0.717) is 0 Å². The first-order valence-electron chi connectivity index (χ1n) is 8.64. The second kappa shape index (κ2) is 6.18. The van der Waals surface area contributed by atoms with E-state index in [4.69, 9.17) is 0 Å². The molecule has 1 aliphatic carbocycles. The molecule has 0 N–H and O–H groups in total. The van der Waals surface area contributed by atoms with E-state index in [1.807, 2.05) is 42.5 Å². The van der Waals surface area contributed by atoms with Crippen molar-refractivity contribution in [3.05, 3.63) is 107 Å². The SMILES string of the molecule is CC1=C(C)C(c2ccc3ccccc3c2C(=O)c2ccccc2)C=C1. The van der Waals surface area contributed by atoms with Crippen LogP contribution in [-0.2, 0) is 0 Å². The summed E-state index contributed by atoms with van der Waals surface area (Å²) in [5.41, 5.74) is 5.26. The number of fused-ring (bicyclic) bond motifs is 1. The minimum atomic E-state index is 0.0955. The third-order valence-electron chi connectivity index (χ3n) is 5.19. The Hall–Kier alpha value is -2.93. The molecule has 3 aromatic rings. The summed E-state index contributed by atoms with van der Waals surface area (Å²) >= 11 is 0. The predicted octanol–water partition coefficient (Wildman–Crippen LogP) is 6.06. The van der Waals surface area contributed by atoms with E-state index in [2.05, 4.69) is 50.3 Å². The molecule has 0 aromatic heterocycles. The molecule has 0 saturated carbocycles. The van der Waals surface area contributed by atoms with Crippen LogP contribution < -0.4 is 0 Å². The van der Waals surface area contributed by atoms with Crippen LogP contribution in [0, 0.1) is 0 Å². The lowest BCUT2D eigenvalue weighted by atomic mass is 9.84. The van der Waals surface area contributed by atoms with Gasteiger partial charge in [0.15, 0.2) is 5.78 Å². The van der Waals surface area contributed by atoms with Crippen LogP contribution >= 0.6 is 0 Å². The lowest BCUT2D eigenvalue weighted by molar-refractivity contribution is 0.103. The quantitative estimate of drug-likeness (QED) is 0.535. The van der Waals surface area contributed by atoms with E-state index in [9.17, 15) is 4.79 Å². The van der Waals surface area contributed by atoms with E-state index in [-0.39, 0.29) is 11.7 Å². The molecule has 3 aromatic carbocycles. The summed E-state index contributed by atoms with van der Waals surface area (Å²) in [6.07, 6.45) is 4.36. The van der Waals surface area contributed by atoms with Crippen LogP contribution in [-0.4, -0.2) is 5.78 Å². The van der Waals surface area contributed by atoms with Gasteiger partial charge in [0, 0.05) is 17.0 Å². The van der Waals surface area contributed by atoms with Crippen molar-refractivity contribution in [1.29, 1.82) is 0 Å². The highest BCUT2D eigenvalue weighted by molar-refractivity contribution is 6.17. The van der Waals surface area contributed by atoms with Gasteiger partial charge >= 0.3 is 0 Å². The molecule has 0 saturated heterocycles. The maximum atomic E-state index is 13.4. The lowest BCUT2D eigenvalue weighted by Crippen LogP contribution is -2.09. The third-order valence-corrected chi connectivity index (χ3v) is 5.19. The molecule has 4 rings (SSSR count). The van der Waals surface area contributed by atoms with Crippen LogP contribution in [0.25, 0.3) is 10.8 Å². The number of hydrogen-bond donors (Lipinski definition) is 0. The summed E-state index contributed by atoms with van der Waals surface area (Å²) in [6, 6.07) is 22.0. The van der Waals surface area contributed by atoms with E-state index in [1.165, 1.54) is 11.1 Å². The molecule has 122 valence electrons. The van der Waals surface area contributed by atoms with Gasteiger partial charge in [-0.1, -0.05) is 90.0 Å². The van der Waals surface area contributed by atoms with Crippen LogP contribution in [0.1, 0.15) is 41.3 Å². The molecule has 25 heavy (non-hydrogen) atoms. The molecule has 1 aliphatic rings. The van der Waals surface area contributed by atoms with E-state index in [0.717, 1.165) is 27.5 Å². The Labute approximate surface area is 148 Å². The highest BCUT2D eigenvalue weighted by Gasteiger charge is 2.24. The number of carbonyl (C=O) groups is 1. The summed E-state index contributed by atoms with van der Waals surface area (Å²) in [5, 5.41) is 2.13. The normalized spacial score (nSPS) is 16.6. The smallest absolute Gasteiger partial charge is 0.193 e. The average molecular weight is 324 g/mol. The fraction of sp³-hybridized carbons (Fsp3) is 0.125. The molecular weight excluding hydrogens is 304 g/mol. The van der Waals surface area contributed by atoms with Crippen LogP contribution in [0.3, 0.4) is 0 Å². The number of allylic oxidation sites excluding steroid dienone is 4. The second-order valence-electron chi connectivity index (χ2n) is 6.65. The first kappa shape index (κ1) is 15.6. The van der Waals surface area contributed by atoms with Crippen molar-refractivity contribution in [2.75, 3.05) is 0 Å². The molecular formula is C24H20O. The Balaban J connectivity index is 1.98. The minimum absolute atomic E-state index is 0.0955. The van der Waals surface area contributed by atoms with Gasteiger partial charge in [-0.15, -0.1) is 0 Å². The molecule has 1 nitrogen and oxygen atoms in total. The van der Waals surface area contributed by atoms with Crippen molar-refractivity contribution >= 4 is 16.6 Å². The Morgan fingerprint density at radius 2 is 1.56 bits per heavy atom. The van der Waals surface area contributed by atoms with Crippen LogP contribution in [0.15, 0.2) is 90.0 Å². The maximum Gasteiger partial charge on any atom is 0.193 e. The molecule has 0 heterocycles. The van der Waals surface area contributed by atoms with Gasteiger partial charge in [-0.3, -0.25) is 4.79 Å². The van der Waals surface area contributed by atoms with Gasteiger partial charge in [-0.05, 0) is 30.2 Å². The highest BCUT2D eigenvalue weighted by atomic mass is 16.1. The average Bonchev–Trinajstić information content (AvgIpc) is 3.00. The summed E-state index contributed by atoms with van der Waals surface area (Å²) in [5.74, 6) is 0.269. The molecule has 1 unspecified atom stereocenters. The summed E-state index contributed by atoms with van der Waals surface area (Å²) in [7, 11) is 0. The number of hydrogen-bond acceptors (Lipinski definition) is 1. The zero-order valence-corrected chi connectivity index (χ0v) is 14.5. The number of rotatable bonds is 3. The van der Waals surface area contributed by atoms with Crippen molar-refractivity contribution < 1.29 is 4.79 Å². The third kappa shape index (κ3) is 2.62. The first-order chi connectivity index (χ1) is 12.2. The molecule has 0 spiro atoms. The van der Waals surface area contributed by atoms with Gasteiger partial charge in [0.1, 0.15) is 0 Å². The van der Waals surface area contributed by atoms with E-state index < -0.39 is 0 Å². The van der Waals surface area contributed by atoms with Crippen LogP contribution in [0.4, 0.5) is 0 Å². The Bertz CT molecular complexity index is 1020. The zero-order chi connectivity index (χ0) is 17.4. The fourth-order valence-corrected chi connectivity index (χ4v) is 3.63. The number of carbonyl (C=O) groups excluding carboxylic acids is 1. The van der Waals surface area contributed by atoms with Crippen LogP contribution in [0.5, 0.6) is 0 Å². The molecule has 0 bridgehead atoms. The number of benzene rings is 3. The largest absolute Gasteiger partial charge is 0.289 e. The van der Waals surface area contributed by atoms with Gasteiger partial charge in [-0.2, -0.15) is 0 Å². The summed E-state index contributed by atoms with van der Waals surface area (Å²) in [6.45, 7) is 4.29. The van der Waals surface area contributed by atoms with Crippen LogP contribution in [0.2, 0.25) is 0 Å². The predicted molar refractivity (Wildman–Crippen MR) is 104 cm³/mol. The van der Waals surface area contributed by atoms with Crippen molar-refractivity contribution in [2.45, 2.75) is 19.8 Å². The second-order valence-corrected chi connectivity index (χ2v) is 6.65. The fourth-order valence-electron chi connectivity index (χ4n) is 3.63. The monoisotopic (exact) mass is 324 g/mol. The van der Waals surface area contributed by atoms with Gasteiger partial charge in [-0.25, -0.2) is 0 Å². The van der Waals surface area contributed by atoms with Crippen molar-refractivity contribution in [3.8, 4) is 0 Å². The Morgan fingerprint density at radius 1 is 0.840 bits per heavy atom. The maximum absolute atomic E-state index is 13.4. The van der Waals surface area contributed by atoms with Crippen molar-refractivity contribution in [3.63, 3.8) is 0 Å². The molecule has 0 amide bonds. The minimum Gasteiger partial charge on any atom is -0.289 e. The van der Waals surface area contributed by atoms with Gasteiger partial charge in [0.25, 0.3) is 0 Å². The molecule has 0 fully saturated rings. The molecule has 0 aliphatic heterocycles. The molecule has 1 atom stereocenters. The van der Waals surface area contributed by atoms with Gasteiger partial charge in [0.05, 0.1) is 0 Å². The lowest BCUT2D eigenvalue weighted by Gasteiger charge is -2.18. The Morgan fingerprint density at radius 3 is 2.28 bits per heavy atom. The van der Waals surface area contributed by atoms with Gasteiger partial charge in [0.2, 0.25) is 0 Å². The summed E-state index contributed by atoms with van der Waals surface area (Å²) in [4.78, 5) is 13.4. The molecule has 1 heteroatoms. The molecule has 0 radical (unpaired) electrons. The first-order valence-corrected chi connectivity index (χ1v) is 8.64.